The Labute approximate surface area is 130 Å². The normalized spacial score (nSPS) is 12.5. The molecule has 1 aromatic carbocycles. The molecular formula is C19H32O2. The molecule has 0 amide bonds. The summed E-state index contributed by atoms with van der Waals surface area (Å²) in [5.41, 5.74) is 1.16. The number of rotatable bonds is 13. The Morgan fingerprint density at radius 1 is 0.905 bits per heavy atom. The van der Waals surface area contributed by atoms with Gasteiger partial charge in [0.1, 0.15) is 0 Å². The molecule has 21 heavy (non-hydrogen) atoms. The van der Waals surface area contributed by atoms with Crippen molar-refractivity contribution in [3.05, 3.63) is 35.9 Å². The van der Waals surface area contributed by atoms with Crippen LogP contribution in [0.4, 0.5) is 0 Å². The Balaban J connectivity index is 1.88. The highest BCUT2D eigenvalue weighted by Crippen LogP contribution is 2.11. The first kappa shape index (κ1) is 18.2. The maximum Gasteiger partial charge on any atom is 0.0773 e. The zero-order chi connectivity index (χ0) is 15.2. The first-order chi connectivity index (χ1) is 10.3. The lowest BCUT2D eigenvalue weighted by Gasteiger charge is -2.11. The van der Waals surface area contributed by atoms with Crippen LogP contribution in [0.5, 0.6) is 0 Å². The number of benzene rings is 1. The monoisotopic (exact) mass is 292 g/mol. The first-order valence-electron chi connectivity index (χ1n) is 8.62. The quantitative estimate of drug-likeness (QED) is 0.513. The highest BCUT2D eigenvalue weighted by Gasteiger charge is 2.04. The van der Waals surface area contributed by atoms with Gasteiger partial charge in [-0.25, -0.2) is 0 Å². The van der Waals surface area contributed by atoms with Gasteiger partial charge in [0.15, 0.2) is 0 Å². The minimum atomic E-state index is -0.311. The van der Waals surface area contributed by atoms with E-state index in [0.29, 0.717) is 13.2 Å². The number of unbranched alkanes of at least 4 members (excludes halogenated alkanes) is 7. The largest absolute Gasteiger partial charge is 0.391 e. The van der Waals surface area contributed by atoms with Crippen molar-refractivity contribution in [1.82, 2.24) is 0 Å². The number of aliphatic hydroxyl groups is 1. The third-order valence-corrected chi connectivity index (χ3v) is 3.81. The molecular weight excluding hydrogens is 260 g/mol. The topological polar surface area (TPSA) is 29.5 Å². The molecule has 2 nitrogen and oxygen atoms in total. The van der Waals surface area contributed by atoms with Crippen molar-refractivity contribution >= 4 is 0 Å². The summed E-state index contributed by atoms with van der Waals surface area (Å²) in [6.07, 6.45) is 11.0. The van der Waals surface area contributed by atoms with E-state index in [1.165, 1.54) is 44.9 Å². The number of ether oxygens (including phenoxy) is 1. The maximum atomic E-state index is 9.87. The predicted octanol–water partition coefficient (Wildman–Crippen LogP) is 5.09. The average Bonchev–Trinajstić information content (AvgIpc) is 2.51. The molecule has 1 aromatic rings. The van der Waals surface area contributed by atoms with Crippen LogP contribution in [0.2, 0.25) is 0 Å². The summed E-state index contributed by atoms with van der Waals surface area (Å²) in [6, 6.07) is 10.1. The van der Waals surface area contributed by atoms with E-state index in [9.17, 15) is 5.11 Å². The van der Waals surface area contributed by atoms with Crippen LogP contribution < -0.4 is 0 Å². The second-order valence-corrected chi connectivity index (χ2v) is 5.92. The number of hydrogen-bond acceptors (Lipinski definition) is 2. The van der Waals surface area contributed by atoms with Crippen LogP contribution in [0.1, 0.15) is 70.3 Å². The molecule has 0 saturated heterocycles. The van der Waals surface area contributed by atoms with Gasteiger partial charge in [0.2, 0.25) is 0 Å². The molecule has 0 aromatic heterocycles. The van der Waals surface area contributed by atoms with E-state index in [0.717, 1.165) is 18.4 Å². The van der Waals surface area contributed by atoms with Crippen molar-refractivity contribution in [3.8, 4) is 0 Å². The summed E-state index contributed by atoms with van der Waals surface area (Å²) in [6.45, 7) is 3.29. The zero-order valence-electron chi connectivity index (χ0n) is 13.6. The molecule has 1 N–H and O–H groups in total. The van der Waals surface area contributed by atoms with Gasteiger partial charge < -0.3 is 9.84 Å². The van der Waals surface area contributed by atoms with Gasteiger partial charge in [0.05, 0.1) is 19.3 Å². The summed E-state index contributed by atoms with van der Waals surface area (Å²) in [5.74, 6) is 0. The van der Waals surface area contributed by atoms with E-state index in [1.54, 1.807) is 0 Å². The van der Waals surface area contributed by atoms with Crippen LogP contribution in [0.15, 0.2) is 30.3 Å². The van der Waals surface area contributed by atoms with E-state index < -0.39 is 0 Å². The van der Waals surface area contributed by atoms with Crippen molar-refractivity contribution in [2.75, 3.05) is 6.61 Å². The van der Waals surface area contributed by atoms with Crippen LogP contribution in [-0.4, -0.2) is 17.8 Å². The van der Waals surface area contributed by atoms with E-state index in [2.05, 4.69) is 6.92 Å². The van der Waals surface area contributed by atoms with Gasteiger partial charge in [0.25, 0.3) is 0 Å². The van der Waals surface area contributed by atoms with Gasteiger partial charge >= 0.3 is 0 Å². The van der Waals surface area contributed by atoms with Crippen LogP contribution in [0, 0.1) is 0 Å². The standard InChI is InChI=1S/C19H32O2/c1-2-3-4-5-6-7-8-12-15-19(20)17-21-16-18-13-10-9-11-14-18/h9-11,13-14,19-20H,2-8,12,15-17H2,1H3. The molecule has 120 valence electrons. The van der Waals surface area contributed by atoms with E-state index >= 15 is 0 Å². The molecule has 0 aliphatic carbocycles. The average molecular weight is 292 g/mol. The number of aliphatic hydroxyl groups excluding tert-OH is 1. The Bertz CT molecular complexity index is 324. The Hall–Kier alpha value is -0.860. The summed E-state index contributed by atoms with van der Waals surface area (Å²) in [4.78, 5) is 0. The lowest BCUT2D eigenvalue weighted by atomic mass is 10.1. The zero-order valence-corrected chi connectivity index (χ0v) is 13.6. The minimum Gasteiger partial charge on any atom is -0.391 e. The molecule has 1 rings (SSSR count). The number of hydrogen-bond donors (Lipinski definition) is 1. The van der Waals surface area contributed by atoms with Crippen LogP contribution >= 0.6 is 0 Å². The van der Waals surface area contributed by atoms with Gasteiger partial charge in [-0.3, -0.25) is 0 Å². The molecule has 0 heterocycles. The van der Waals surface area contributed by atoms with Crippen molar-refractivity contribution in [2.24, 2.45) is 0 Å². The van der Waals surface area contributed by atoms with E-state index in [4.69, 9.17) is 4.74 Å². The Morgan fingerprint density at radius 3 is 2.19 bits per heavy atom. The summed E-state index contributed by atoms with van der Waals surface area (Å²) in [7, 11) is 0. The molecule has 0 aliphatic heterocycles. The summed E-state index contributed by atoms with van der Waals surface area (Å²) in [5, 5.41) is 9.87. The Kier molecular flexibility index (Phi) is 11.1. The first-order valence-corrected chi connectivity index (χ1v) is 8.62. The van der Waals surface area contributed by atoms with Crippen molar-refractivity contribution in [1.29, 1.82) is 0 Å². The van der Waals surface area contributed by atoms with Gasteiger partial charge in [-0.15, -0.1) is 0 Å². The Morgan fingerprint density at radius 2 is 1.52 bits per heavy atom. The third-order valence-electron chi connectivity index (χ3n) is 3.81. The smallest absolute Gasteiger partial charge is 0.0773 e. The molecule has 1 atom stereocenters. The van der Waals surface area contributed by atoms with E-state index in [-0.39, 0.29) is 6.10 Å². The predicted molar refractivity (Wildman–Crippen MR) is 89.3 cm³/mol. The summed E-state index contributed by atoms with van der Waals surface area (Å²) >= 11 is 0. The molecule has 0 spiro atoms. The van der Waals surface area contributed by atoms with Crippen LogP contribution in [0.3, 0.4) is 0 Å². The highest BCUT2D eigenvalue weighted by molar-refractivity contribution is 5.13. The fraction of sp³-hybridized carbons (Fsp3) is 0.684. The molecule has 0 bridgehead atoms. The molecule has 2 heteroatoms. The highest BCUT2D eigenvalue weighted by atomic mass is 16.5. The third kappa shape index (κ3) is 10.5. The molecule has 0 radical (unpaired) electrons. The van der Waals surface area contributed by atoms with E-state index in [1.807, 2.05) is 30.3 Å². The van der Waals surface area contributed by atoms with Crippen molar-refractivity contribution in [3.63, 3.8) is 0 Å². The van der Waals surface area contributed by atoms with Crippen molar-refractivity contribution in [2.45, 2.75) is 77.4 Å². The van der Waals surface area contributed by atoms with Crippen LogP contribution in [-0.2, 0) is 11.3 Å². The van der Waals surface area contributed by atoms with Gasteiger partial charge in [-0.1, -0.05) is 88.6 Å². The molecule has 0 fully saturated rings. The van der Waals surface area contributed by atoms with Crippen molar-refractivity contribution < 1.29 is 9.84 Å². The second-order valence-electron chi connectivity index (χ2n) is 5.92. The van der Waals surface area contributed by atoms with Crippen LogP contribution in [0.25, 0.3) is 0 Å². The maximum absolute atomic E-state index is 9.87. The SMILES string of the molecule is CCCCCCCCCCC(O)COCc1ccccc1. The van der Waals surface area contributed by atoms with Gasteiger partial charge in [-0.05, 0) is 12.0 Å². The molecule has 0 aliphatic rings. The second kappa shape index (κ2) is 12.8. The lowest BCUT2D eigenvalue weighted by molar-refractivity contribution is 0.0233. The lowest BCUT2D eigenvalue weighted by Crippen LogP contribution is -2.15. The fourth-order valence-corrected chi connectivity index (χ4v) is 2.48. The summed E-state index contributed by atoms with van der Waals surface area (Å²) < 4.78 is 5.55. The molecule has 0 saturated carbocycles. The van der Waals surface area contributed by atoms with Gasteiger partial charge in [-0.2, -0.15) is 0 Å². The molecule has 1 unspecified atom stereocenters. The van der Waals surface area contributed by atoms with Gasteiger partial charge in [0, 0.05) is 0 Å². The minimum absolute atomic E-state index is 0.311. The fourth-order valence-electron chi connectivity index (χ4n) is 2.48.